The van der Waals surface area contributed by atoms with Crippen molar-refractivity contribution in [1.29, 1.82) is 0 Å². The zero-order chi connectivity index (χ0) is 17.3. The lowest BCUT2D eigenvalue weighted by Crippen LogP contribution is -2.16. The maximum absolute atomic E-state index is 12.1. The average molecular weight is 366 g/mol. The van der Waals surface area contributed by atoms with E-state index in [1.165, 1.54) is 31.3 Å². The summed E-state index contributed by atoms with van der Waals surface area (Å²) in [5.41, 5.74) is 0.899. The molecule has 1 aromatic heterocycles. The Kier molecular flexibility index (Phi) is 4.86. The topological polar surface area (TPSA) is 56.3 Å². The molecule has 23 heavy (non-hydrogen) atoms. The number of benzene rings is 1. The highest BCUT2D eigenvalue weighted by Gasteiger charge is 2.31. The molecule has 1 heterocycles. The Morgan fingerprint density at radius 2 is 1.78 bits per heavy atom. The first kappa shape index (κ1) is 17.6. The summed E-state index contributed by atoms with van der Waals surface area (Å²) in [6.07, 6.45) is -3.43. The number of alkyl halides is 3. The Bertz CT molecular complexity index is 805. The number of pyridine rings is 1. The first-order chi connectivity index (χ1) is 10.6. The molecule has 0 radical (unpaired) electrons. The van der Waals surface area contributed by atoms with E-state index in [1.807, 2.05) is 0 Å². The van der Waals surface area contributed by atoms with Gasteiger partial charge in [-0.15, -0.1) is 13.2 Å². The molecule has 124 valence electrons. The van der Waals surface area contributed by atoms with Crippen LogP contribution >= 0.6 is 11.6 Å². The van der Waals surface area contributed by atoms with E-state index in [4.69, 9.17) is 11.6 Å². The molecular weight excluding hydrogens is 355 g/mol. The summed E-state index contributed by atoms with van der Waals surface area (Å²) in [6, 6.07) is 6.34. The standard InChI is InChI=1S/C14H11ClF3NO3S/c1-2-23(20,21)12-7-10(8-19-13(12)15)9-3-5-11(6-4-9)22-14(16,17)18/h3-8H,2H2,1H3. The molecule has 0 spiro atoms. The second-order valence-corrected chi connectivity index (χ2v) is 7.09. The van der Waals surface area contributed by atoms with Gasteiger partial charge in [0.1, 0.15) is 15.8 Å². The van der Waals surface area contributed by atoms with E-state index >= 15 is 0 Å². The number of nitrogens with zero attached hydrogens (tertiary/aromatic N) is 1. The number of hydrogen-bond donors (Lipinski definition) is 0. The maximum atomic E-state index is 12.1. The van der Waals surface area contributed by atoms with Crippen LogP contribution in [0.15, 0.2) is 41.4 Å². The van der Waals surface area contributed by atoms with Crippen molar-refractivity contribution in [3.05, 3.63) is 41.7 Å². The van der Waals surface area contributed by atoms with Crippen LogP contribution in [0.1, 0.15) is 6.92 Å². The van der Waals surface area contributed by atoms with Crippen LogP contribution in [0.3, 0.4) is 0 Å². The van der Waals surface area contributed by atoms with E-state index < -0.39 is 16.2 Å². The first-order valence-corrected chi connectivity index (χ1v) is 8.40. The van der Waals surface area contributed by atoms with Gasteiger partial charge in [0.05, 0.1) is 5.75 Å². The van der Waals surface area contributed by atoms with Gasteiger partial charge in [-0.05, 0) is 23.8 Å². The predicted octanol–water partition coefficient (Wildman–Crippen LogP) is 4.09. The van der Waals surface area contributed by atoms with E-state index in [2.05, 4.69) is 9.72 Å². The zero-order valence-corrected chi connectivity index (χ0v) is 13.3. The third-order valence-electron chi connectivity index (χ3n) is 2.94. The highest BCUT2D eigenvalue weighted by Crippen LogP contribution is 2.29. The van der Waals surface area contributed by atoms with Gasteiger partial charge in [-0.25, -0.2) is 13.4 Å². The van der Waals surface area contributed by atoms with Crippen LogP contribution in [0, 0.1) is 0 Å². The van der Waals surface area contributed by atoms with Gasteiger partial charge in [0, 0.05) is 11.8 Å². The van der Waals surface area contributed by atoms with Crippen molar-refractivity contribution in [2.45, 2.75) is 18.2 Å². The summed E-state index contributed by atoms with van der Waals surface area (Å²) in [5.74, 6) is -0.513. The summed E-state index contributed by atoms with van der Waals surface area (Å²) in [5, 5.41) is -0.146. The Morgan fingerprint density at radius 3 is 2.30 bits per heavy atom. The molecule has 0 N–H and O–H groups in total. The molecule has 0 amide bonds. The Hall–Kier alpha value is -1.80. The second kappa shape index (κ2) is 6.37. The van der Waals surface area contributed by atoms with Crippen molar-refractivity contribution in [2.75, 3.05) is 5.75 Å². The molecule has 0 aliphatic rings. The van der Waals surface area contributed by atoms with E-state index in [1.54, 1.807) is 0 Å². The predicted molar refractivity (Wildman–Crippen MR) is 79.1 cm³/mol. The summed E-state index contributed by atoms with van der Waals surface area (Å²) in [6.45, 7) is 1.47. The van der Waals surface area contributed by atoms with Crippen LogP contribution in [-0.2, 0) is 9.84 Å². The molecule has 1 aromatic carbocycles. The van der Waals surface area contributed by atoms with E-state index in [0.29, 0.717) is 11.1 Å². The van der Waals surface area contributed by atoms with E-state index in [-0.39, 0.29) is 21.6 Å². The molecule has 0 saturated carbocycles. The molecule has 2 aromatic rings. The smallest absolute Gasteiger partial charge is 0.406 e. The third kappa shape index (κ3) is 4.35. The molecule has 0 aliphatic carbocycles. The third-order valence-corrected chi connectivity index (χ3v) is 5.10. The molecule has 0 atom stereocenters. The number of aromatic nitrogens is 1. The van der Waals surface area contributed by atoms with Crippen molar-refractivity contribution in [3.63, 3.8) is 0 Å². The summed E-state index contributed by atoms with van der Waals surface area (Å²) < 4.78 is 64.0. The minimum absolute atomic E-state index is 0.116. The fraction of sp³-hybridized carbons (Fsp3) is 0.214. The molecule has 4 nitrogen and oxygen atoms in total. The number of hydrogen-bond acceptors (Lipinski definition) is 4. The molecule has 0 fully saturated rings. The normalized spacial score (nSPS) is 12.2. The number of rotatable bonds is 4. The number of ether oxygens (including phenoxy) is 1. The van der Waals surface area contributed by atoms with Crippen LogP contribution in [0.5, 0.6) is 5.75 Å². The monoisotopic (exact) mass is 365 g/mol. The Labute approximate surface area is 135 Å². The SMILES string of the molecule is CCS(=O)(=O)c1cc(-c2ccc(OC(F)(F)F)cc2)cnc1Cl. The van der Waals surface area contributed by atoms with Gasteiger partial charge in [-0.1, -0.05) is 30.7 Å². The van der Waals surface area contributed by atoms with Gasteiger partial charge < -0.3 is 4.74 Å². The van der Waals surface area contributed by atoms with Gasteiger partial charge in [0.15, 0.2) is 9.84 Å². The van der Waals surface area contributed by atoms with E-state index in [0.717, 1.165) is 12.1 Å². The fourth-order valence-electron chi connectivity index (χ4n) is 1.81. The Balaban J connectivity index is 2.38. The van der Waals surface area contributed by atoms with Crippen LogP contribution in [0.2, 0.25) is 5.15 Å². The molecule has 0 bridgehead atoms. The van der Waals surface area contributed by atoms with Crippen molar-refractivity contribution in [2.24, 2.45) is 0 Å². The Morgan fingerprint density at radius 1 is 1.17 bits per heavy atom. The second-order valence-electron chi connectivity index (χ2n) is 4.49. The molecule has 0 unspecified atom stereocenters. The van der Waals surface area contributed by atoms with Crippen molar-refractivity contribution >= 4 is 21.4 Å². The van der Waals surface area contributed by atoms with Crippen LogP contribution in [0.4, 0.5) is 13.2 Å². The molecular formula is C14H11ClF3NO3S. The van der Waals surface area contributed by atoms with Crippen molar-refractivity contribution < 1.29 is 26.3 Å². The zero-order valence-electron chi connectivity index (χ0n) is 11.8. The van der Waals surface area contributed by atoms with Gasteiger partial charge in [0.25, 0.3) is 0 Å². The quantitative estimate of drug-likeness (QED) is 0.766. The minimum Gasteiger partial charge on any atom is -0.406 e. The molecule has 0 saturated heterocycles. The van der Waals surface area contributed by atoms with E-state index in [9.17, 15) is 21.6 Å². The average Bonchev–Trinajstić information content (AvgIpc) is 2.47. The first-order valence-electron chi connectivity index (χ1n) is 6.37. The van der Waals surface area contributed by atoms with Gasteiger partial charge >= 0.3 is 6.36 Å². The summed E-state index contributed by atoms with van der Waals surface area (Å²) in [7, 11) is -3.56. The number of halogens is 4. The minimum atomic E-state index is -4.77. The summed E-state index contributed by atoms with van der Waals surface area (Å²) in [4.78, 5) is 3.71. The fourth-order valence-corrected chi connectivity index (χ4v) is 3.19. The van der Waals surface area contributed by atoms with Crippen LogP contribution in [-0.4, -0.2) is 25.5 Å². The van der Waals surface area contributed by atoms with Gasteiger partial charge in [-0.3, -0.25) is 0 Å². The maximum Gasteiger partial charge on any atom is 0.573 e. The van der Waals surface area contributed by atoms with Crippen molar-refractivity contribution in [3.8, 4) is 16.9 Å². The number of sulfone groups is 1. The largest absolute Gasteiger partial charge is 0.573 e. The van der Waals surface area contributed by atoms with Crippen molar-refractivity contribution in [1.82, 2.24) is 4.98 Å². The highest BCUT2D eigenvalue weighted by molar-refractivity contribution is 7.91. The lowest BCUT2D eigenvalue weighted by Gasteiger charge is -2.10. The lowest BCUT2D eigenvalue weighted by molar-refractivity contribution is -0.274. The molecule has 0 aliphatic heterocycles. The highest BCUT2D eigenvalue weighted by atomic mass is 35.5. The summed E-state index contributed by atoms with van der Waals surface area (Å²) >= 11 is 5.81. The molecule has 2 rings (SSSR count). The van der Waals surface area contributed by atoms with Gasteiger partial charge in [0.2, 0.25) is 0 Å². The van der Waals surface area contributed by atoms with Crippen LogP contribution < -0.4 is 4.74 Å². The lowest BCUT2D eigenvalue weighted by atomic mass is 10.1. The van der Waals surface area contributed by atoms with Gasteiger partial charge in [-0.2, -0.15) is 0 Å². The van der Waals surface area contributed by atoms with Crippen LogP contribution in [0.25, 0.3) is 11.1 Å². The molecule has 9 heteroatoms.